The fraction of sp³-hybridized carbons (Fsp3) is 0.227. The monoisotopic (exact) mass is 421 g/mol. The molecule has 2 amide bonds. The molecule has 0 aliphatic carbocycles. The van der Waals surface area contributed by atoms with Crippen molar-refractivity contribution in [3.63, 3.8) is 0 Å². The van der Waals surface area contributed by atoms with Crippen LogP contribution in [0.1, 0.15) is 22.5 Å². The van der Waals surface area contributed by atoms with Crippen molar-refractivity contribution in [1.82, 2.24) is 25.4 Å². The van der Waals surface area contributed by atoms with E-state index in [2.05, 4.69) is 20.7 Å². The summed E-state index contributed by atoms with van der Waals surface area (Å²) in [6.45, 7) is 0.984. The molecule has 160 valence electrons. The predicted octanol–water partition coefficient (Wildman–Crippen LogP) is 1.15. The van der Waals surface area contributed by atoms with E-state index in [-0.39, 0.29) is 43.3 Å². The molecular formula is C22H23N5O4. The average Bonchev–Trinajstić information content (AvgIpc) is 2.80. The molecule has 0 saturated carbocycles. The topological polar surface area (TPSA) is 115 Å². The van der Waals surface area contributed by atoms with Crippen LogP contribution in [-0.2, 0) is 17.9 Å². The first-order valence-corrected chi connectivity index (χ1v) is 9.81. The van der Waals surface area contributed by atoms with Crippen LogP contribution in [0.3, 0.4) is 0 Å². The lowest BCUT2D eigenvalue weighted by atomic mass is 10.2. The number of hydrogen-bond acceptors (Lipinski definition) is 6. The second-order valence-electron chi connectivity index (χ2n) is 6.58. The molecular weight excluding hydrogens is 398 g/mol. The number of amides is 2. The Hall–Kier alpha value is -4.01. The van der Waals surface area contributed by atoms with Crippen LogP contribution in [-0.4, -0.2) is 39.7 Å². The molecule has 3 rings (SSSR count). The third-order valence-electron chi connectivity index (χ3n) is 4.29. The minimum Gasteiger partial charge on any atom is -0.492 e. The Morgan fingerprint density at radius 1 is 0.968 bits per heavy atom. The van der Waals surface area contributed by atoms with Crippen LogP contribution in [0.5, 0.6) is 5.75 Å². The molecule has 0 saturated heterocycles. The zero-order valence-electron chi connectivity index (χ0n) is 16.9. The summed E-state index contributed by atoms with van der Waals surface area (Å²) >= 11 is 0. The number of pyridine rings is 1. The minimum atomic E-state index is -0.459. The highest BCUT2D eigenvalue weighted by Crippen LogP contribution is 2.07. The molecule has 9 heteroatoms. The average molecular weight is 421 g/mol. The van der Waals surface area contributed by atoms with E-state index in [1.807, 2.05) is 42.5 Å². The SMILES string of the molecule is O=C(CCNC(=O)c1ccc(=O)n(CCOc2ccccc2)n1)NCc1ccncc1. The Morgan fingerprint density at radius 3 is 2.52 bits per heavy atom. The van der Waals surface area contributed by atoms with Crippen LogP contribution in [0.4, 0.5) is 0 Å². The van der Waals surface area contributed by atoms with Gasteiger partial charge in [-0.3, -0.25) is 19.4 Å². The molecule has 0 bridgehead atoms. The first-order chi connectivity index (χ1) is 15.1. The summed E-state index contributed by atoms with van der Waals surface area (Å²) in [7, 11) is 0. The molecule has 3 aromatic rings. The fourth-order valence-corrected chi connectivity index (χ4v) is 2.67. The normalized spacial score (nSPS) is 10.3. The molecule has 2 N–H and O–H groups in total. The van der Waals surface area contributed by atoms with Gasteiger partial charge in [-0.05, 0) is 35.9 Å². The molecule has 1 aromatic carbocycles. The molecule has 2 heterocycles. The smallest absolute Gasteiger partial charge is 0.271 e. The van der Waals surface area contributed by atoms with Crippen molar-refractivity contribution in [1.29, 1.82) is 0 Å². The van der Waals surface area contributed by atoms with Crippen LogP contribution in [0, 0.1) is 0 Å². The van der Waals surface area contributed by atoms with E-state index in [1.165, 1.54) is 16.8 Å². The molecule has 0 fully saturated rings. The summed E-state index contributed by atoms with van der Waals surface area (Å²) in [4.78, 5) is 40.1. The van der Waals surface area contributed by atoms with Crippen molar-refractivity contribution in [2.45, 2.75) is 19.5 Å². The van der Waals surface area contributed by atoms with Gasteiger partial charge in [0.2, 0.25) is 5.91 Å². The maximum absolute atomic E-state index is 12.3. The Kier molecular flexibility index (Phi) is 7.87. The quantitative estimate of drug-likeness (QED) is 0.508. The van der Waals surface area contributed by atoms with Crippen molar-refractivity contribution in [2.24, 2.45) is 0 Å². The maximum Gasteiger partial charge on any atom is 0.271 e. The number of para-hydroxylation sites is 1. The van der Waals surface area contributed by atoms with Gasteiger partial charge in [-0.2, -0.15) is 5.10 Å². The Morgan fingerprint density at radius 2 is 1.74 bits per heavy atom. The number of carbonyl (C=O) groups is 2. The van der Waals surface area contributed by atoms with Crippen molar-refractivity contribution in [2.75, 3.05) is 13.2 Å². The van der Waals surface area contributed by atoms with E-state index in [0.717, 1.165) is 5.56 Å². The van der Waals surface area contributed by atoms with Crippen molar-refractivity contribution in [3.05, 3.63) is 88.6 Å². The highest BCUT2D eigenvalue weighted by atomic mass is 16.5. The summed E-state index contributed by atoms with van der Waals surface area (Å²) in [6, 6.07) is 15.5. The van der Waals surface area contributed by atoms with Gasteiger partial charge in [0.25, 0.3) is 11.5 Å². The van der Waals surface area contributed by atoms with E-state index < -0.39 is 5.91 Å². The second kappa shape index (κ2) is 11.2. The number of nitrogens with one attached hydrogen (secondary N) is 2. The number of ether oxygens (including phenoxy) is 1. The lowest BCUT2D eigenvalue weighted by Crippen LogP contribution is -2.33. The van der Waals surface area contributed by atoms with Crippen LogP contribution < -0.4 is 20.9 Å². The number of hydrogen-bond donors (Lipinski definition) is 2. The first-order valence-electron chi connectivity index (χ1n) is 9.81. The summed E-state index contributed by atoms with van der Waals surface area (Å²) in [6.07, 6.45) is 3.44. The van der Waals surface area contributed by atoms with Crippen molar-refractivity contribution in [3.8, 4) is 5.75 Å². The van der Waals surface area contributed by atoms with Crippen LogP contribution in [0.25, 0.3) is 0 Å². The number of aromatic nitrogens is 3. The molecule has 0 spiro atoms. The van der Waals surface area contributed by atoms with Crippen molar-refractivity contribution >= 4 is 11.8 Å². The van der Waals surface area contributed by atoms with E-state index in [9.17, 15) is 14.4 Å². The van der Waals surface area contributed by atoms with Gasteiger partial charge in [0.1, 0.15) is 18.1 Å². The molecule has 0 radical (unpaired) electrons. The summed E-state index contributed by atoms with van der Waals surface area (Å²) in [5.74, 6) is 0.0411. The molecule has 2 aromatic heterocycles. The Labute approximate surface area is 179 Å². The third-order valence-corrected chi connectivity index (χ3v) is 4.29. The van der Waals surface area contributed by atoms with Crippen LogP contribution in [0.2, 0.25) is 0 Å². The second-order valence-corrected chi connectivity index (χ2v) is 6.58. The summed E-state index contributed by atoms with van der Waals surface area (Å²) < 4.78 is 6.74. The minimum absolute atomic E-state index is 0.0940. The Bertz CT molecular complexity index is 1050. The van der Waals surface area contributed by atoms with E-state index in [0.29, 0.717) is 12.3 Å². The van der Waals surface area contributed by atoms with Gasteiger partial charge in [-0.15, -0.1) is 0 Å². The van der Waals surface area contributed by atoms with Gasteiger partial charge in [0.15, 0.2) is 0 Å². The van der Waals surface area contributed by atoms with E-state index in [1.54, 1.807) is 12.4 Å². The number of rotatable bonds is 10. The summed E-state index contributed by atoms with van der Waals surface area (Å²) in [5.41, 5.74) is 0.704. The molecule has 0 aliphatic heterocycles. The standard InChI is InChI=1S/C22H23N5O4/c28-20(25-16-17-8-11-23-12-9-17)10-13-24-22(30)19-6-7-21(29)27(26-19)14-15-31-18-4-2-1-3-5-18/h1-9,11-12H,10,13-16H2,(H,24,30)(H,25,28). The zero-order valence-corrected chi connectivity index (χ0v) is 16.9. The highest BCUT2D eigenvalue weighted by molar-refractivity contribution is 5.92. The van der Waals surface area contributed by atoms with Crippen LogP contribution in [0.15, 0.2) is 71.8 Å². The van der Waals surface area contributed by atoms with Gasteiger partial charge in [0, 0.05) is 38.0 Å². The highest BCUT2D eigenvalue weighted by Gasteiger charge is 2.10. The largest absolute Gasteiger partial charge is 0.492 e. The Balaban J connectivity index is 1.43. The van der Waals surface area contributed by atoms with E-state index >= 15 is 0 Å². The molecule has 0 atom stereocenters. The molecule has 31 heavy (non-hydrogen) atoms. The van der Waals surface area contributed by atoms with Crippen LogP contribution >= 0.6 is 0 Å². The summed E-state index contributed by atoms with van der Waals surface area (Å²) in [5, 5.41) is 9.49. The first kappa shape index (κ1) is 21.7. The predicted molar refractivity (Wildman–Crippen MR) is 113 cm³/mol. The van der Waals surface area contributed by atoms with Gasteiger partial charge in [-0.25, -0.2) is 4.68 Å². The van der Waals surface area contributed by atoms with Gasteiger partial charge >= 0.3 is 0 Å². The van der Waals surface area contributed by atoms with Crippen molar-refractivity contribution < 1.29 is 14.3 Å². The number of benzene rings is 1. The third kappa shape index (κ3) is 7.07. The fourth-order valence-electron chi connectivity index (χ4n) is 2.67. The molecule has 9 nitrogen and oxygen atoms in total. The van der Waals surface area contributed by atoms with Gasteiger partial charge < -0.3 is 15.4 Å². The zero-order chi connectivity index (χ0) is 21.9. The van der Waals surface area contributed by atoms with E-state index in [4.69, 9.17) is 4.74 Å². The maximum atomic E-state index is 12.3. The number of nitrogens with zero attached hydrogens (tertiary/aromatic N) is 3. The van der Waals surface area contributed by atoms with Gasteiger partial charge in [-0.1, -0.05) is 18.2 Å². The lowest BCUT2D eigenvalue weighted by molar-refractivity contribution is -0.121. The molecule has 0 aliphatic rings. The number of carbonyl (C=O) groups excluding carboxylic acids is 2. The van der Waals surface area contributed by atoms with Gasteiger partial charge in [0.05, 0.1) is 6.54 Å². The molecule has 0 unspecified atom stereocenters. The lowest BCUT2D eigenvalue weighted by Gasteiger charge is -2.09.